The van der Waals surface area contributed by atoms with Crippen molar-refractivity contribution in [3.63, 3.8) is 0 Å². The van der Waals surface area contributed by atoms with Crippen molar-refractivity contribution < 1.29 is 9.53 Å². The average Bonchev–Trinajstić information content (AvgIpc) is 2.57. The van der Waals surface area contributed by atoms with Gasteiger partial charge in [0.05, 0.1) is 6.10 Å². The molecule has 0 aromatic carbocycles. The number of nitrogens with zero attached hydrogens (tertiary/aromatic N) is 1. The number of ether oxygens (including phenoxy) is 1. The van der Waals surface area contributed by atoms with Crippen molar-refractivity contribution in [2.45, 2.75) is 64.6 Å². The Morgan fingerprint density at radius 1 is 1.33 bits per heavy atom. The van der Waals surface area contributed by atoms with Crippen LogP contribution in [0.5, 0.6) is 0 Å². The highest BCUT2D eigenvalue weighted by Crippen LogP contribution is 2.26. The highest BCUT2D eigenvalue weighted by Gasteiger charge is 2.25. The minimum Gasteiger partial charge on any atom is -0.365 e. The predicted octanol–water partition coefficient (Wildman–Crippen LogP) is 2.19. The molecule has 142 valence electrons. The number of carbonyl (C=O) groups is 1. The Labute approximate surface area is 153 Å². The fraction of sp³-hybridized carbons (Fsp3) is 0.944. The van der Waals surface area contributed by atoms with Crippen LogP contribution in [0.25, 0.3) is 0 Å². The number of amides is 1. The Morgan fingerprint density at radius 3 is 2.75 bits per heavy atom. The van der Waals surface area contributed by atoms with Crippen LogP contribution < -0.4 is 10.6 Å². The fourth-order valence-electron chi connectivity index (χ4n) is 3.64. The minimum absolute atomic E-state index is 0. The van der Waals surface area contributed by atoms with E-state index in [1.807, 2.05) is 6.92 Å². The van der Waals surface area contributed by atoms with Crippen LogP contribution >= 0.6 is 12.4 Å². The summed E-state index contributed by atoms with van der Waals surface area (Å²) in [7, 11) is 0. The Bertz CT molecular complexity index is 351. The highest BCUT2D eigenvalue weighted by atomic mass is 35.5. The molecule has 0 bridgehead atoms. The minimum atomic E-state index is -0.274. The first kappa shape index (κ1) is 21.7. The molecule has 2 fully saturated rings. The molecule has 1 aliphatic heterocycles. The van der Waals surface area contributed by atoms with E-state index in [-0.39, 0.29) is 30.5 Å². The standard InChI is InChI=1S/C18H35N3O2.ClH/c1-3-17(23-16-7-4-6-15(2)14-16)18(22)20-8-5-11-21-12-9-19-10-13-21;/h15-17,19H,3-14H2,1-2H3,(H,20,22);1H. The zero-order valence-electron chi connectivity index (χ0n) is 15.4. The Kier molecular flexibility index (Phi) is 10.9. The molecule has 1 saturated carbocycles. The Balaban J connectivity index is 0.00000288. The van der Waals surface area contributed by atoms with Gasteiger partial charge in [-0.25, -0.2) is 0 Å². The highest BCUT2D eigenvalue weighted by molar-refractivity contribution is 5.85. The lowest BCUT2D eigenvalue weighted by Gasteiger charge is -2.30. The third-order valence-corrected chi connectivity index (χ3v) is 5.07. The molecule has 6 heteroatoms. The molecule has 0 aromatic heterocycles. The summed E-state index contributed by atoms with van der Waals surface area (Å²) in [6.07, 6.45) is 6.52. The van der Waals surface area contributed by atoms with E-state index >= 15 is 0 Å². The van der Waals surface area contributed by atoms with Crippen LogP contribution in [-0.2, 0) is 9.53 Å². The maximum Gasteiger partial charge on any atom is 0.249 e. The SMILES string of the molecule is CCC(OC1CCCC(C)C1)C(=O)NCCCN1CCNCC1.Cl. The van der Waals surface area contributed by atoms with E-state index in [0.29, 0.717) is 0 Å². The molecule has 5 nitrogen and oxygen atoms in total. The van der Waals surface area contributed by atoms with Crippen LogP contribution in [0.4, 0.5) is 0 Å². The average molecular weight is 362 g/mol. The number of rotatable bonds is 8. The van der Waals surface area contributed by atoms with Gasteiger partial charge in [0, 0.05) is 32.7 Å². The van der Waals surface area contributed by atoms with Crippen molar-refractivity contribution >= 4 is 18.3 Å². The summed E-state index contributed by atoms with van der Waals surface area (Å²) in [6.45, 7) is 10.5. The molecule has 2 N–H and O–H groups in total. The van der Waals surface area contributed by atoms with Crippen molar-refractivity contribution in [2.75, 3.05) is 39.3 Å². The Morgan fingerprint density at radius 2 is 2.08 bits per heavy atom. The molecular formula is C18H36ClN3O2. The summed E-state index contributed by atoms with van der Waals surface area (Å²) in [4.78, 5) is 14.8. The Hall–Kier alpha value is -0.360. The topological polar surface area (TPSA) is 53.6 Å². The molecule has 2 rings (SSSR count). The van der Waals surface area contributed by atoms with Gasteiger partial charge in [-0.2, -0.15) is 0 Å². The quantitative estimate of drug-likeness (QED) is 0.651. The molecule has 2 aliphatic rings. The maximum atomic E-state index is 12.3. The first-order chi connectivity index (χ1) is 11.2. The van der Waals surface area contributed by atoms with Crippen molar-refractivity contribution in [3.05, 3.63) is 0 Å². The normalized spacial score (nSPS) is 26.4. The number of carbonyl (C=O) groups excluding carboxylic acids is 1. The zero-order chi connectivity index (χ0) is 16.5. The summed E-state index contributed by atoms with van der Waals surface area (Å²) in [5, 5.41) is 6.43. The predicted molar refractivity (Wildman–Crippen MR) is 101 cm³/mol. The molecular weight excluding hydrogens is 326 g/mol. The van der Waals surface area contributed by atoms with Crippen molar-refractivity contribution in [1.82, 2.24) is 15.5 Å². The van der Waals surface area contributed by atoms with Gasteiger partial charge in [0.2, 0.25) is 5.91 Å². The number of piperazine rings is 1. The molecule has 3 atom stereocenters. The molecule has 1 aliphatic carbocycles. The monoisotopic (exact) mass is 361 g/mol. The smallest absolute Gasteiger partial charge is 0.249 e. The van der Waals surface area contributed by atoms with Crippen molar-refractivity contribution in [3.8, 4) is 0 Å². The van der Waals surface area contributed by atoms with E-state index in [1.54, 1.807) is 0 Å². The summed E-state index contributed by atoms with van der Waals surface area (Å²) >= 11 is 0. The van der Waals surface area contributed by atoms with Gasteiger partial charge in [0.15, 0.2) is 0 Å². The summed E-state index contributed by atoms with van der Waals surface area (Å²) in [6, 6.07) is 0. The third-order valence-electron chi connectivity index (χ3n) is 5.07. The second-order valence-corrected chi connectivity index (χ2v) is 7.16. The van der Waals surface area contributed by atoms with Crippen LogP contribution in [0, 0.1) is 5.92 Å². The molecule has 24 heavy (non-hydrogen) atoms. The lowest BCUT2D eigenvalue weighted by molar-refractivity contribution is -0.139. The molecule has 3 unspecified atom stereocenters. The van der Waals surface area contributed by atoms with E-state index in [0.717, 1.165) is 70.9 Å². The van der Waals surface area contributed by atoms with E-state index in [4.69, 9.17) is 4.74 Å². The maximum absolute atomic E-state index is 12.3. The second-order valence-electron chi connectivity index (χ2n) is 7.16. The van der Waals surface area contributed by atoms with Gasteiger partial charge in [-0.05, 0) is 38.1 Å². The number of hydrogen-bond donors (Lipinski definition) is 2. The molecule has 1 heterocycles. The van der Waals surface area contributed by atoms with E-state index in [1.165, 1.54) is 12.8 Å². The van der Waals surface area contributed by atoms with Gasteiger partial charge >= 0.3 is 0 Å². The number of nitrogens with one attached hydrogen (secondary N) is 2. The largest absolute Gasteiger partial charge is 0.365 e. The van der Waals surface area contributed by atoms with Crippen LogP contribution in [0.1, 0.15) is 52.4 Å². The first-order valence-corrected chi connectivity index (χ1v) is 9.55. The van der Waals surface area contributed by atoms with Gasteiger partial charge in [0.25, 0.3) is 0 Å². The van der Waals surface area contributed by atoms with Crippen LogP contribution in [0.3, 0.4) is 0 Å². The van der Waals surface area contributed by atoms with Crippen molar-refractivity contribution in [2.24, 2.45) is 5.92 Å². The van der Waals surface area contributed by atoms with Crippen LogP contribution in [0.15, 0.2) is 0 Å². The third kappa shape index (κ3) is 7.68. The fourth-order valence-corrected chi connectivity index (χ4v) is 3.64. The number of halogens is 1. The molecule has 1 amide bonds. The lowest BCUT2D eigenvalue weighted by Crippen LogP contribution is -2.45. The molecule has 0 spiro atoms. The van der Waals surface area contributed by atoms with Crippen LogP contribution in [0.2, 0.25) is 0 Å². The molecule has 1 saturated heterocycles. The molecule has 0 radical (unpaired) electrons. The van der Waals surface area contributed by atoms with Gasteiger partial charge in [-0.15, -0.1) is 12.4 Å². The summed E-state index contributed by atoms with van der Waals surface area (Å²) < 4.78 is 6.09. The summed E-state index contributed by atoms with van der Waals surface area (Å²) in [5.41, 5.74) is 0. The van der Waals surface area contributed by atoms with E-state index in [9.17, 15) is 4.79 Å². The zero-order valence-corrected chi connectivity index (χ0v) is 16.2. The van der Waals surface area contributed by atoms with Gasteiger partial charge in [-0.1, -0.05) is 26.7 Å². The van der Waals surface area contributed by atoms with E-state index in [2.05, 4.69) is 22.5 Å². The van der Waals surface area contributed by atoms with Gasteiger partial charge < -0.3 is 20.3 Å². The first-order valence-electron chi connectivity index (χ1n) is 9.55. The van der Waals surface area contributed by atoms with E-state index < -0.39 is 0 Å². The van der Waals surface area contributed by atoms with Gasteiger partial charge in [-0.3, -0.25) is 4.79 Å². The lowest BCUT2D eigenvalue weighted by atomic mass is 9.88. The second kappa shape index (κ2) is 12.1. The van der Waals surface area contributed by atoms with Gasteiger partial charge in [0.1, 0.15) is 6.10 Å². The van der Waals surface area contributed by atoms with Crippen molar-refractivity contribution in [1.29, 1.82) is 0 Å². The summed E-state index contributed by atoms with van der Waals surface area (Å²) in [5.74, 6) is 0.805. The number of hydrogen-bond acceptors (Lipinski definition) is 4. The van der Waals surface area contributed by atoms with Crippen LogP contribution in [-0.4, -0.2) is 62.3 Å². The molecule has 0 aromatic rings.